The van der Waals surface area contributed by atoms with Crippen molar-refractivity contribution in [2.75, 3.05) is 11.9 Å². The average Bonchev–Trinajstić information content (AvgIpc) is 3.36. The van der Waals surface area contributed by atoms with Gasteiger partial charge in [-0.25, -0.2) is 0 Å². The third kappa shape index (κ3) is 7.18. The molecule has 0 saturated carbocycles. The second-order valence-electron chi connectivity index (χ2n) is 8.62. The maximum atomic E-state index is 13.0. The van der Waals surface area contributed by atoms with Gasteiger partial charge in [0.1, 0.15) is 0 Å². The Morgan fingerprint density at radius 1 is 0.974 bits per heavy atom. The van der Waals surface area contributed by atoms with E-state index in [1.807, 2.05) is 0 Å². The molecule has 11 heteroatoms. The molecular weight excluding hydrogens is 583 g/mol. The fraction of sp³-hybridized carbons (Fsp3) is 0.222. The predicted molar refractivity (Wildman–Crippen MR) is 145 cm³/mol. The highest BCUT2D eigenvalue weighted by Gasteiger charge is 2.31. The molecule has 198 valence electrons. The van der Waals surface area contributed by atoms with Crippen LogP contribution in [0, 0.1) is 0 Å². The maximum absolute atomic E-state index is 13.0. The van der Waals surface area contributed by atoms with Gasteiger partial charge in [0.25, 0.3) is 11.8 Å². The van der Waals surface area contributed by atoms with E-state index in [0.717, 1.165) is 12.1 Å². The number of carbonyl (C=O) groups excluding carboxylic acids is 2. The summed E-state index contributed by atoms with van der Waals surface area (Å²) in [7, 11) is 0. The number of thiocarbonyl (C=S) groups is 1. The number of carbonyl (C=O) groups is 2. The zero-order valence-corrected chi connectivity index (χ0v) is 22.3. The van der Waals surface area contributed by atoms with Crippen molar-refractivity contribution in [1.29, 1.82) is 0 Å². The summed E-state index contributed by atoms with van der Waals surface area (Å²) in [5.74, 6) is -0.760. The van der Waals surface area contributed by atoms with Crippen molar-refractivity contribution in [2.24, 2.45) is 0 Å². The molecule has 6 nitrogen and oxygen atoms in total. The van der Waals surface area contributed by atoms with E-state index >= 15 is 0 Å². The van der Waals surface area contributed by atoms with Crippen LogP contribution in [0.15, 0.2) is 77.3 Å². The minimum absolute atomic E-state index is 0.0320. The molecule has 0 radical (unpaired) electrons. The van der Waals surface area contributed by atoms with E-state index < -0.39 is 11.7 Å². The average molecular weight is 606 g/mol. The van der Waals surface area contributed by atoms with E-state index in [0.29, 0.717) is 39.7 Å². The molecule has 1 saturated heterocycles. The number of hydrogen-bond acceptors (Lipinski definition) is 4. The Kier molecular flexibility index (Phi) is 8.80. The van der Waals surface area contributed by atoms with E-state index in [9.17, 15) is 22.8 Å². The van der Waals surface area contributed by atoms with Crippen LogP contribution in [0.3, 0.4) is 0 Å². The summed E-state index contributed by atoms with van der Waals surface area (Å²) in [6.45, 7) is 0.223. The Balaban J connectivity index is 1.33. The molecule has 3 aromatic rings. The molecule has 2 amide bonds. The highest BCUT2D eigenvalue weighted by molar-refractivity contribution is 9.10. The van der Waals surface area contributed by atoms with Gasteiger partial charge in [-0.15, -0.1) is 0 Å². The molecule has 1 aliphatic heterocycles. The van der Waals surface area contributed by atoms with Crippen molar-refractivity contribution in [3.63, 3.8) is 0 Å². The quantitative estimate of drug-likeness (QED) is 0.290. The lowest BCUT2D eigenvalue weighted by molar-refractivity contribution is -0.137. The highest BCUT2D eigenvalue weighted by Crippen LogP contribution is 2.35. The number of hydrogen-bond donors (Lipinski definition) is 3. The van der Waals surface area contributed by atoms with Gasteiger partial charge in [0.2, 0.25) is 0 Å². The fourth-order valence-electron chi connectivity index (χ4n) is 4.03. The summed E-state index contributed by atoms with van der Waals surface area (Å²) in [5.41, 5.74) is 1.10. The minimum atomic E-state index is -4.39. The van der Waals surface area contributed by atoms with Crippen LogP contribution in [-0.4, -0.2) is 29.6 Å². The molecule has 0 spiro atoms. The van der Waals surface area contributed by atoms with Crippen molar-refractivity contribution in [3.8, 4) is 0 Å². The first-order valence-electron chi connectivity index (χ1n) is 11.7. The number of ether oxygens (including phenoxy) is 1. The smallest absolute Gasteiger partial charge is 0.368 e. The summed E-state index contributed by atoms with van der Waals surface area (Å²) in [4.78, 5) is 25.4. The largest absolute Gasteiger partial charge is 0.416 e. The summed E-state index contributed by atoms with van der Waals surface area (Å²) >= 11 is 8.64. The van der Waals surface area contributed by atoms with Crippen LogP contribution < -0.4 is 16.0 Å². The lowest BCUT2D eigenvalue weighted by Gasteiger charge is -2.17. The van der Waals surface area contributed by atoms with Crippen LogP contribution >= 0.6 is 28.1 Å². The zero-order valence-electron chi connectivity index (χ0n) is 19.8. The van der Waals surface area contributed by atoms with Gasteiger partial charge in [-0.05, 0) is 73.1 Å². The Labute approximate surface area is 231 Å². The van der Waals surface area contributed by atoms with Crippen LogP contribution in [0.5, 0.6) is 0 Å². The summed E-state index contributed by atoms with van der Waals surface area (Å²) in [6.07, 6.45) is -3.74. The number of nitrogens with one attached hydrogen (secondary N) is 3. The standard InChI is InChI=1S/C27H23BrF3N3O3S/c28-19-10-12-21(22(14-19)33-26(38)34-24(35)17-4-2-1-3-5-17)25(36)32-15-20-11-13-23(37-20)16-6-8-18(9-7-16)27(29,30)31/h1-10,12,14,20,23H,11,13,15H2,(H,32,36)(H2,33,34,35,38). The van der Waals surface area contributed by atoms with Gasteiger partial charge in [0.05, 0.1) is 29.0 Å². The molecule has 2 unspecified atom stereocenters. The van der Waals surface area contributed by atoms with Crippen LogP contribution in [-0.2, 0) is 10.9 Å². The minimum Gasteiger partial charge on any atom is -0.368 e. The van der Waals surface area contributed by atoms with Gasteiger partial charge in [0, 0.05) is 16.6 Å². The van der Waals surface area contributed by atoms with Gasteiger partial charge in [-0.3, -0.25) is 14.9 Å². The topological polar surface area (TPSA) is 79.5 Å². The molecule has 1 heterocycles. The SMILES string of the molecule is O=C(NC(=S)Nc1cc(Br)ccc1C(=O)NCC1CCC(c2ccc(C(F)(F)F)cc2)O1)c1ccccc1. The van der Waals surface area contributed by atoms with Crippen LogP contribution in [0.2, 0.25) is 0 Å². The lowest BCUT2D eigenvalue weighted by atomic mass is 10.0. The number of anilines is 1. The summed E-state index contributed by atoms with van der Waals surface area (Å²) < 4.78 is 45.1. The van der Waals surface area contributed by atoms with Crippen molar-refractivity contribution < 1.29 is 27.5 Å². The van der Waals surface area contributed by atoms with Gasteiger partial charge >= 0.3 is 6.18 Å². The van der Waals surface area contributed by atoms with E-state index in [2.05, 4.69) is 31.9 Å². The Morgan fingerprint density at radius 3 is 2.37 bits per heavy atom. The number of benzene rings is 3. The van der Waals surface area contributed by atoms with Crippen molar-refractivity contribution in [2.45, 2.75) is 31.2 Å². The van der Waals surface area contributed by atoms with Crippen LogP contribution in [0.25, 0.3) is 0 Å². The zero-order chi connectivity index (χ0) is 27.3. The summed E-state index contributed by atoms with van der Waals surface area (Å²) in [5, 5.41) is 8.37. The molecule has 3 aromatic carbocycles. The van der Waals surface area contributed by atoms with Crippen LogP contribution in [0.1, 0.15) is 50.8 Å². The van der Waals surface area contributed by atoms with Crippen molar-refractivity contribution in [1.82, 2.24) is 10.6 Å². The number of rotatable bonds is 6. The first kappa shape index (κ1) is 27.7. The normalized spacial score (nSPS) is 17.1. The second kappa shape index (κ2) is 12.1. The van der Waals surface area contributed by atoms with E-state index in [1.165, 1.54) is 12.1 Å². The fourth-order valence-corrected chi connectivity index (χ4v) is 4.59. The van der Waals surface area contributed by atoms with E-state index in [4.69, 9.17) is 17.0 Å². The Hall–Kier alpha value is -3.28. The second-order valence-corrected chi connectivity index (χ2v) is 9.94. The highest BCUT2D eigenvalue weighted by atomic mass is 79.9. The van der Waals surface area contributed by atoms with Gasteiger partial charge in [-0.2, -0.15) is 13.2 Å². The Bertz CT molecular complexity index is 1320. The maximum Gasteiger partial charge on any atom is 0.416 e. The van der Waals surface area contributed by atoms with Gasteiger partial charge in [-0.1, -0.05) is 46.3 Å². The molecule has 1 aliphatic rings. The van der Waals surface area contributed by atoms with E-state index in [-0.39, 0.29) is 35.7 Å². The molecule has 0 aliphatic carbocycles. The molecule has 38 heavy (non-hydrogen) atoms. The first-order chi connectivity index (χ1) is 18.1. The van der Waals surface area contributed by atoms with Gasteiger partial charge < -0.3 is 15.4 Å². The lowest BCUT2D eigenvalue weighted by Crippen LogP contribution is -2.36. The predicted octanol–water partition coefficient (Wildman–Crippen LogP) is 6.24. The van der Waals surface area contributed by atoms with Gasteiger partial charge in [0.15, 0.2) is 5.11 Å². The number of halogens is 4. The molecule has 2 atom stereocenters. The number of alkyl halides is 3. The molecule has 3 N–H and O–H groups in total. The third-order valence-corrected chi connectivity index (χ3v) is 6.64. The van der Waals surface area contributed by atoms with Crippen molar-refractivity contribution in [3.05, 3.63) is 99.5 Å². The van der Waals surface area contributed by atoms with Crippen molar-refractivity contribution >= 4 is 50.8 Å². The first-order valence-corrected chi connectivity index (χ1v) is 12.9. The third-order valence-electron chi connectivity index (χ3n) is 5.95. The van der Waals surface area contributed by atoms with Crippen LogP contribution in [0.4, 0.5) is 18.9 Å². The monoisotopic (exact) mass is 605 g/mol. The molecule has 0 bridgehead atoms. The Morgan fingerprint density at radius 2 is 1.68 bits per heavy atom. The molecule has 4 rings (SSSR count). The van der Waals surface area contributed by atoms with E-state index in [1.54, 1.807) is 48.5 Å². The molecule has 1 fully saturated rings. The number of amides is 2. The summed E-state index contributed by atoms with van der Waals surface area (Å²) in [6, 6.07) is 18.5. The molecular formula is C27H23BrF3N3O3S. The molecule has 0 aromatic heterocycles.